The quantitative estimate of drug-likeness (QED) is 0.0717. The molecule has 0 saturated carbocycles. The highest BCUT2D eigenvalue weighted by Crippen LogP contribution is 2.33. The number of hydrogen-bond acceptors (Lipinski definition) is 24. The molecular weight excluding hydrogens is 1060 g/mol. The summed E-state index contributed by atoms with van der Waals surface area (Å²) in [4.78, 5) is 33.0. The normalized spacial score (nSPS) is 21.5. The van der Waals surface area contributed by atoms with Crippen molar-refractivity contribution in [3.05, 3.63) is 90.3 Å². The number of thioether (sulfide) groups is 3. The molecule has 24 heteroatoms. The molecule has 21 nitrogen and oxygen atoms in total. The molecule has 6 heterocycles. The molecule has 3 aromatic carbocycles. The van der Waals surface area contributed by atoms with Crippen molar-refractivity contribution in [2.75, 3.05) is 108 Å². The van der Waals surface area contributed by atoms with E-state index in [0.717, 1.165) is 70.5 Å². The number of anilines is 3. The smallest absolute Gasteiger partial charge is 0.113 e. The van der Waals surface area contributed by atoms with E-state index in [4.69, 9.17) is 29.5 Å². The minimum atomic E-state index is -0.699. The molecule has 3 aromatic heterocycles. The van der Waals surface area contributed by atoms with Crippen molar-refractivity contribution in [2.45, 2.75) is 75.7 Å². The first kappa shape index (κ1) is 59.9. The van der Waals surface area contributed by atoms with Crippen LogP contribution in [0.5, 0.6) is 0 Å². The van der Waals surface area contributed by atoms with E-state index < -0.39 is 18.3 Å². The monoisotopic (exact) mass is 1120 g/mol. The van der Waals surface area contributed by atoms with Gasteiger partial charge in [-0.15, -0.1) is 0 Å². The topological polar surface area (TPSA) is 308 Å². The summed E-state index contributed by atoms with van der Waals surface area (Å²) in [5, 5.41) is 83.0. The molecule has 78 heavy (non-hydrogen) atoms. The Bertz CT molecular complexity index is 2710. The molecule has 3 aliphatic heterocycles. The molecule has 3 fully saturated rings. The third-order valence-corrected chi connectivity index (χ3v) is 16.3. The Morgan fingerprint density at radius 3 is 0.949 bits per heavy atom. The van der Waals surface area contributed by atoms with Gasteiger partial charge in [-0.05, 0) is 57.2 Å². The molecule has 9 atom stereocenters. The van der Waals surface area contributed by atoms with E-state index >= 15 is 0 Å². The van der Waals surface area contributed by atoms with Gasteiger partial charge in [-0.3, -0.25) is 29.9 Å². The van der Waals surface area contributed by atoms with Crippen molar-refractivity contribution in [3.8, 4) is 18.2 Å². The van der Waals surface area contributed by atoms with Crippen molar-refractivity contribution >= 4 is 85.4 Å². The van der Waals surface area contributed by atoms with Crippen LogP contribution in [0.4, 0.5) is 17.1 Å². The Labute approximate surface area is 466 Å². The number of fused-ring (bicyclic) bond motifs is 3. The Morgan fingerprint density at radius 1 is 0.449 bits per heavy atom. The van der Waals surface area contributed by atoms with Gasteiger partial charge in [-0.2, -0.15) is 51.1 Å². The number of aromatic nitrogens is 6. The Balaban J connectivity index is 0.000000170. The fourth-order valence-electron chi connectivity index (χ4n) is 9.33. The molecule has 0 amide bonds. The summed E-state index contributed by atoms with van der Waals surface area (Å²) in [6.07, 6.45) is 7.81. The zero-order valence-electron chi connectivity index (χ0n) is 43.7. The molecule has 9 rings (SSSR count). The van der Waals surface area contributed by atoms with Crippen LogP contribution in [-0.2, 0) is 14.2 Å². The molecular formula is C54H66N12O9S3. The van der Waals surface area contributed by atoms with Crippen LogP contribution in [0.25, 0.3) is 33.1 Å². The van der Waals surface area contributed by atoms with Crippen molar-refractivity contribution in [1.82, 2.24) is 29.9 Å². The van der Waals surface area contributed by atoms with Crippen LogP contribution in [0, 0.1) is 34.0 Å². The highest BCUT2D eigenvalue weighted by Gasteiger charge is 2.30. The van der Waals surface area contributed by atoms with E-state index in [1.165, 1.54) is 0 Å². The van der Waals surface area contributed by atoms with Crippen LogP contribution in [0.15, 0.2) is 73.6 Å². The average Bonchev–Trinajstić information content (AvgIpc) is 3.47. The lowest BCUT2D eigenvalue weighted by Crippen LogP contribution is -2.48. The number of rotatable bonds is 18. The van der Waals surface area contributed by atoms with Gasteiger partial charge in [-0.25, -0.2) is 0 Å². The van der Waals surface area contributed by atoms with E-state index in [9.17, 15) is 31.1 Å². The van der Waals surface area contributed by atoms with Gasteiger partial charge in [0.15, 0.2) is 0 Å². The first-order chi connectivity index (χ1) is 37.9. The van der Waals surface area contributed by atoms with Crippen LogP contribution in [0.1, 0.15) is 37.5 Å². The van der Waals surface area contributed by atoms with Gasteiger partial charge >= 0.3 is 0 Å². The Morgan fingerprint density at radius 2 is 0.705 bits per heavy atom. The predicted molar refractivity (Wildman–Crippen MR) is 304 cm³/mol. The van der Waals surface area contributed by atoms with E-state index in [1.807, 2.05) is 39.0 Å². The van der Waals surface area contributed by atoms with E-state index in [-0.39, 0.29) is 56.4 Å². The predicted octanol–water partition coefficient (Wildman–Crippen LogP) is 3.54. The summed E-state index contributed by atoms with van der Waals surface area (Å²) < 4.78 is 18.0. The van der Waals surface area contributed by atoms with Crippen LogP contribution in [-0.4, -0.2) is 209 Å². The summed E-state index contributed by atoms with van der Waals surface area (Å²) >= 11 is 4.71. The molecule has 6 aromatic rings. The average molecular weight is 1120 g/mol. The first-order valence-electron chi connectivity index (χ1n) is 25.6. The van der Waals surface area contributed by atoms with Gasteiger partial charge in [0.05, 0.1) is 109 Å². The molecule has 3 unspecified atom stereocenters. The van der Waals surface area contributed by atoms with Crippen LogP contribution >= 0.6 is 35.3 Å². The number of hydrogen-bond donors (Lipinski definition) is 6. The standard InChI is InChI=1S/3C18H22N4O3S/c3*1-12-7-22(8-15(25-12)11-26-10-14(24)9-23)16-3-2-13(6-19)17-18(16)21-5-4-20-17/h3*2-5,12,14-15,23-24H,7-11H2,1H3/t3*12-,14?,15-/m111/s1. The molecule has 6 N–H and O–H groups in total. The fourth-order valence-corrected chi connectivity index (χ4v) is 12.2. The number of nitrogens with zero attached hydrogens (tertiary/aromatic N) is 12. The Kier molecular flexibility index (Phi) is 23.0. The molecule has 414 valence electrons. The number of aliphatic hydroxyl groups is 6. The number of ether oxygens (including phenoxy) is 3. The molecule has 0 spiro atoms. The van der Waals surface area contributed by atoms with Crippen LogP contribution in [0.3, 0.4) is 0 Å². The van der Waals surface area contributed by atoms with Gasteiger partial charge in [0.2, 0.25) is 0 Å². The maximum Gasteiger partial charge on any atom is 0.113 e. The third kappa shape index (κ3) is 16.2. The van der Waals surface area contributed by atoms with Gasteiger partial charge < -0.3 is 59.5 Å². The van der Waals surface area contributed by atoms with E-state index in [2.05, 4.69) is 62.8 Å². The van der Waals surface area contributed by atoms with Crippen molar-refractivity contribution in [3.63, 3.8) is 0 Å². The first-order valence-corrected chi connectivity index (χ1v) is 29.1. The summed E-state index contributed by atoms with van der Waals surface area (Å²) in [7, 11) is 0. The van der Waals surface area contributed by atoms with Gasteiger partial charge in [-0.1, -0.05) is 0 Å². The maximum absolute atomic E-state index is 9.47. The summed E-state index contributed by atoms with van der Waals surface area (Å²) in [5.41, 5.74) is 8.42. The lowest BCUT2D eigenvalue weighted by Gasteiger charge is -2.38. The second kappa shape index (κ2) is 30.0. The summed E-state index contributed by atoms with van der Waals surface area (Å²) in [5.74, 6) is 3.65. The van der Waals surface area contributed by atoms with Gasteiger partial charge in [0, 0.05) is 111 Å². The SMILES string of the molecule is C[C@@H]1CN(c2ccc(C#N)c3nccnc23)C[C@H](CSCC(O)CO)O1.C[C@@H]1CN(c2ccc(C#N)c3nccnc23)C[C@H](CSCC(O)CO)O1.C[C@@H]1CN(c2ccc(C#N)c3nccnc23)C[C@H](CSCC(O)CO)O1. The fraction of sp³-hybridized carbons (Fsp3) is 0.500. The number of nitriles is 3. The largest absolute Gasteiger partial charge is 0.394 e. The zero-order chi connectivity index (χ0) is 55.6. The maximum atomic E-state index is 9.47. The zero-order valence-corrected chi connectivity index (χ0v) is 46.2. The van der Waals surface area contributed by atoms with Crippen LogP contribution in [0.2, 0.25) is 0 Å². The van der Waals surface area contributed by atoms with Crippen molar-refractivity contribution < 1.29 is 44.8 Å². The van der Waals surface area contributed by atoms with Gasteiger partial charge in [0.25, 0.3) is 0 Å². The third-order valence-electron chi connectivity index (χ3n) is 12.6. The van der Waals surface area contributed by atoms with Gasteiger partial charge in [0.1, 0.15) is 51.3 Å². The summed E-state index contributed by atoms with van der Waals surface area (Å²) in [6.45, 7) is 9.72. The second-order valence-corrected chi connectivity index (χ2v) is 22.3. The van der Waals surface area contributed by atoms with E-state index in [1.54, 1.807) is 90.7 Å². The molecule has 0 bridgehead atoms. The van der Waals surface area contributed by atoms with Crippen molar-refractivity contribution in [1.29, 1.82) is 15.8 Å². The Hall–Kier alpha value is -5.76. The van der Waals surface area contributed by atoms with Crippen molar-refractivity contribution in [2.24, 2.45) is 0 Å². The molecule has 3 saturated heterocycles. The molecule has 0 radical (unpaired) electrons. The number of morpholine rings is 3. The lowest BCUT2D eigenvalue weighted by atomic mass is 10.1. The highest BCUT2D eigenvalue weighted by molar-refractivity contribution is 7.99. The molecule has 3 aliphatic rings. The van der Waals surface area contributed by atoms with E-state index in [0.29, 0.717) is 70.1 Å². The minimum Gasteiger partial charge on any atom is -0.394 e. The summed E-state index contributed by atoms with van der Waals surface area (Å²) in [6, 6.07) is 17.6. The molecule has 0 aliphatic carbocycles. The second-order valence-electron chi connectivity index (χ2n) is 19.0. The highest BCUT2D eigenvalue weighted by atomic mass is 32.2. The lowest BCUT2D eigenvalue weighted by molar-refractivity contribution is -0.00286. The number of aliphatic hydroxyl groups excluding tert-OH is 6. The number of benzene rings is 3. The van der Waals surface area contributed by atoms with Crippen LogP contribution < -0.4 is 14.7 Å². The minimum absolute atomic E-state index is 0.0111.